The molecule has 5 heteroatoms. The SMILES string of the molecule is CNc1ncccc1C(=O)NC(C)c1ccccc1Cl. The monoisotopic (exact) mass is 289 g/mol. The van der Waals surface area contributed by atoms with Gasteiger partial charge in [-0.05, 0) is 30.7 Å². The van der Waals surface area contributed by atoms with Crippen molar-refractivity contribution < 1.29 is 4.79 Å². The standard InChI is InChI=1S/C15H16ClN3O/c1-10(11-6-3-4-8-13(11)16)19-15(20)12-7-5-9-18-14(12)17-2/h3-10H,1-2H3,(H,17,18)(H,19,20). The fourth-order valence-corrected chi connectivity index (χ4v) is 2.27. The van der Waals surface area contributed by atoms with E-state index in [1.807, 2.05) is 31.2 Å². The molecule has 1 atom stereocenters. The molecule has 0 saturated heterocycles. The van der Waals surface area contributed by atoms with E-state index in [4.69, 9.17) is 11.6 Å². The van der Waals surface area contributed by atoms with Crippen LogP contribution in [0.1, 0.15) is 28.9 Å². The number of aromatic nitrogens is 1. The van der Waals surface area contributed by atoms with Crippen LogP contribution in [0.25, 0.3) is 0 Å². The third-order valence-electron chi connectivity index (χ3n) is 3.01. The Labute approximate surface area is 123 Å². The van der Waals surface area contributed by atoms with E-state index in [0.717, 1.165) is 5.56 Å². The Morgan fingerprint density at radius 3 is 2.70 bits per heavy atom. The second-order valence-electron chi connectivity index (χ2n) is 4.37. The van der Waals surface area contributed by atoms with Crippen molar-refractivity contribution in [2.45, 2.75) is 13.0 Å². The number of hydrogen-bond donors (Lipinski definition) is 2. The lowest BCUT2D eigenvalue weighted by Gasteiger charge is -2.16. The molecule has 104 valence electrons. The van der Waals surface area contributed by atoms with Crippen LogP contribution in [0.4, 0.5) is 5.82 Å². The molecule has 1 unspecified atom stereocenters. The summed E-state index contributed by atoms with van der Waals surface area (Å²) in [6, 6.07) is 10.7. The van der Waals surface area contributed by atoms with Crippen LogP contribution in [0, 0.1) is 0 Å². The Bertz CT molecular complexity index is 616. The van der Waals surface area contributed by atoms with E-state index in [-0.39, 0.29) is 11.9 Å². The molecule has 0 spiro atoms. The number of carbonyl (C=O) groups excluding carboxylic acids is 1. The molecule has 1 heterocycles. The van der Waals surface area contributed by atoms with Gasteiger partial charge >= 0.3 is 0 Å². The van der Waals surface area contributed by atoms with Crippen molar-refractivity contribution in [3.05, 3.63) is 58.7 Å². The van der Waals surface area contributed by atoms with E-state index >= 15 is 0 Å². The molecule has 0 fully saturated rings. The second-order valence-corrected chi connectivity index (χ2v) is 4.77. The van der Waals surface area contributed by atoms with Crippen LogP contribution < -0.4 is 10.6 Å². The normalized spacial score (nSPS) is 11.8. The molecular weight excluding hydrogens is 274 g/mol. The van der Waals surface area contributed by atoms with Crippen molar-refractivity contribution in [2.24, 2.45) is 0 Å². The molecule has 20 heavy (non-hydrogen) atoms. The van der Waals surface area contributed by atoms with Crippen LogP contribution in [0.5, 0.6) is 0 Å². The highest BCUT2D eigenvalue weighted by Gasteiger charge is 2.16. The van der Waals surface area contributed by atoms with Gasteiger partial charge in [0.25, 0.3) is 5.91 Å². The van der Waals surface area contributed by atoms with Crippen LogP contribution in [0.15, 0.2) is 42.6 Å². The van der Waals surface area contributed by atoms with E-state index in [0.29, 0.717) is 16.4 Å². The Hall–Kier alpha value is -2.07. The van der Waals surface area contributed by atoms with Gasteiger partial charge in [-0.3, -0.25) is 4.79 Å². The first kappa shape index (κ1) is 14.3. The molecule has 0 aliphatic carbocycles. The minimum absolute atomic E-state index is 0.180. The van der Waals surface area contributed by atoms with Crippen molar-refractivity contribution in [3.63, 3.8) is 0 Å². The molecule has 1 aromatic heterocycles. The maximum Gasteiger partial charge on any atom is 0.255 e. The van der Waals surface area contributed by atoms with E-state index in [2.05, 4.69) is 15.6 Å². The molecule has 0 aliphatic heterocycles. The van der Waals surface area contributed by atoms with Gasteiger partial charge in [0, 0.05) is 18.3 Å². The summed E-state index contributed by atoms with van der Waals surface area (Å²) in [5.41, 5.74) is 1.39. The molecule has 0 aliphatic rings. The molecule has 2 aromatic rings. The van der Waals surface area contributed by atoms with Crippen molar-refractivity contribution in [3.8, 4) is 0 Å². The summed E-state index contributed by atoms with van der Waals surface area (Å²) in [5.74, 6) is 0.367. The number of anilines is 1. The van der Waals surface area contributed by atoms with Crippen molar-refractivity contribution in [1.82, 2.24) is 10.3 Å². The largest absolute Gasteiger partial charge is 0.372 e. The Morgan fingerprint density at radius 2 is 2.00 bits per heavy atom. The predicted molar refractivity (Wildman–Crippen MR) is 81.1 cm³/mol. The number of rotatable bonds is 4. The van der Waals surface area contributed by atoms with Gasteiger partial charge in [-0.15, -0.1) is 0 Å². The summed E-state index contributed by atoms with van der Waals surface area (Å²) in [5, 5.41) is 6.47. The fourth-order valence-electron chi connectivity index (χ4n) is 1.97. The number of amides is 1. The van der Waals surface area contributed by atoms with Gasteiger partial charge in [-0.1, -0.05) is 29.8 Å². The molecule has 2 N–H and O–H groups in total. The fraction of sp³-hybridized carbons (Fsp3) is 0.200. The summed E-state index contributed by atoms with van der Waals surface area (Å²) in [4.78, 5) is 16.4. The molecular formula is C15H16ClN3O. The first-order valence-electron chi connectivity index (χ1n) is 6.31. The maximum atomic E-state index is 12.3. The molecule has 0 bridgehead atoms. The lowest BCUT2D eigenvalue weighted by atomic mass is 10.1. The van der Waals surface area contributed by atoms with Crippen molar-refractivity contribution in [1.29, 1.82) is 0 Å². The zero-order chi connectivity index (χ0) is 14.5. The lowest BCUT2D eigenvalue weighted by Crippen LogP contribution is -2.27. The number of benzene rings is 1. The smallest absolute Gasteiger partial charge is 0.255 e. The van der Waals surface area contributed by atoms with Crippen LogP contribution in [-0.2, 0) is 0 Å². The average molecular weight is 290 g/mol. The van der Waals surface area contributed by atoms with Gasteiger partial charge in [0.2, 0.25) is 0 Å². The van der Waals surface area contributed by atoms with E-state index in [1.54, 1.807) is 25.4 Å². The first-order valence-corrected chi connectivity index (χ1v) is 6.69. The third kappa shape index (κ3) is 3.08. The third-order valence-corrected chi connectivity index (χ3v) is 3.35. The van der Waals surface area contributed by atoms with Crippen LogP contribution in [0.2, 0.25) is 5.02 Å². The molecule has 4 nitrogen and oxygen atoms in total. The average Bonchev–Trinajstić information content (AvgIpc) is 2.47. The molecule has 1 aromatic carbocycles. The quantitative estimate of drug-likeness (QED) is 0.908. The topological polar surface area (TPSA) is 54.0 Å². The van der Waals surface area contributed by atoms with Crippen LogP contribution in [-0.4, -0.2) is 17.9 Å². The van der Waals surface area contributed by atoms with Gasteiger partial charge in [-0.2, -0.15) is 0 Å². The zero-order valence-electron chi connectivity index (χ0n) is 11.4. The Morgan fingerprint density at radius 1 is 1.25 bits per heavy atom. The highest BCUT2D eigenvalue weighted by atomic mass is 35.5. The van der Waals surface area contributed by atoms with Gasteiger partial charge in [-0.25, -0.2) is 4.98 Å². The van der Waals surface area contributed by atoms with Crippen molar-refractivity contribution >= 4 is 23.3 Å². The predicted octanol–water partition coefficient (Wildman–Crippen LogP) is 3.27. The van der Waals surface area contributed by atoms with E-state index in [9.17, 15) is 4.79 Å². The zero-order valence-corrected chi connectivity index (χ0v) is 12.1. The molecule has 0 saturated carbocycles. The lowest BCUT2D eigenvalue weighted by molar-refractivity contribution is 0.0940. The summed E-state index contributed by atoms with van der Waals surface area (Å²) < 4.78 is 0. The summed E-state index contributed by atoms with van der Waals surface area (Å²) in [6.45, 7) is 1.90. The highest BCUT2D eigenvalue weighted by molar-refractivity contribution is 6.31. The van der Waals surface area contributed by atoms with Gasteiger partial charge in [0.1, 0.15) is 5.82 Å². The number of halogens is 1. The minimum Gasteiger partial charge on any atom is -0.372 e. The van der Waals surface area contributed by atoms with Gasteiger partial charge < -0.3 is 10.6 Å². The summed E-state index contributed by atoms with van der Waals surface area (Å²) in [6.07, 6.45) is 1.64. The number of nitrogens with zero attached hydrogens (tertiary/aromatic N) is 1. The highest BCUT2D eigenvalue weighted by Crippen LogP contribution is 2.23. The van der Waals surface area contributed by atoms with Crippen LogP contribution in [0.3, 0.4) is 0 Å². The molecule has 1 amide bonds. The van der Waals surface area contributed by atoms with Crippen LogP contribution >= 0.6 is 11.6 Å². The number of carbonyl (C=O) groups is 1. The Balaban J connectivity index is 2.18. The Kier molecular flexibility index (Phi) is 4.58. The summed E-state index contributed by atoms with van der Waals surface area (Å²) >= 11 is 6.13. The molecule has 2 rings (SSSR count). The maximum absolute atomic E-state index is 12.3. The van der Waals surface area contributed by atoms with Crippen molar-refractivity contribution in [2.75, 3.05) is 12.4 Å². The number of nitrogens with one attached hydrogen (secondary N) is 2. The number of hydrogen-bond acceptors (Lipinski definition) is 3. The van der Waals surface area contributed by atoms with E-state index < -0.39 is 0 Å². The second kappa shape index (κ2) is 6.39. The van der Waals surface area contributed by atoms with Gasteiger partial charge in [0.15, 0.2) is 0 Å². The minimum atomic E-state index is -0.185. The van der Waals surface area contributed by atoms with Gasteiger partial charge in [0.05, 0.1) is 11.6 Å². The number of pyridine rings is 1. The first-order chi connectivity index (χ1) is 9.63. The molecule has 0 radical (unpaired) electrons. The van der Waals surface area contributed by atoms with E-state index in [1.165, 1.54) is 0 Å². The summed E-state index contributed by atoms with van der Waals surface area (Å²) in [7, 11) is 1.73.